The van der Waals surface area contributed by atoms with Crippen molar-refractivity contribution in [2.45, 2.75) is 53.4 Å². The average Bonchev–Trinajstić information content (AvgIpc) is 2.26. The third-order valence-corrected chi connectivity index (χ3v) is 2.64. The summed E-state index contributed by atoms with van der Waals surface area (Å²) in [5, 5.41) is 0. The Hall–Kier alpha value is -0.630. The minimum atomic E-state index is 0.644. The number of hydrogen-bond acceptors (Lipinski definition) is 2. The molecule has 0 heterocycles. The van der Waals surface area contributed by atoms with E-state index >= 15 is 0 Å². The zero-order valence-corrected chi connectivity index (χ0v) is 12.1. The minimum Gasteiger partial charge on any atom is -0.329 e. The SMILES string of the molecule is CC(C)CC/C=C/C(CCC(C)C)=N\CCN. The van der Waals surface area contributed by atoms with Crippen molar-refractivity contribution >= 4 is 5.71 Å². The molecule has 2 heteroatoms. The van der Waals surface area contributed by atoms with Crippen molar-refractivity contribution < 1.29 is 0 Å². The van der Waals surface area contributed by atoms with Crippen LogP contribution in [0.4, 0.5) is 0 Å². The maximum absolute atomic E-state index is 5.50. The molecule has 0 aromatic heterocycles. The van der Waals surface area contributed by atoms with Crippen molar-refractivity contribution in [3.8, 4) is 0 Å². The molecule has 0 unspecified atom stereocenters. The van der Waals surface area contributed by atoms with E-state index in [4.69, 9.17) is 5.73 Å². The van der Waals surface area contributed by atoms with Gasteiger partial charge in [-0.15, -0.1) is 0 Å². The van der Waals surface area contributed by atoms with Crippen LogP contribution in [0, 0.1) is 11.8 Å². The van der Waals surface area contributed by atoms with Gasteiger partial charge in [0.25, 0.3) is 0 Å². The summed E-state index contributed by atoms with van der Waals surface area (Å²) in [6, 6.07) is 0. The van der Waals surface area contributed by atoms with Crippen LogP contribution in [0.2, 0.25) is 0 Å². The van der Waals surface area contributed by atoms with E-state index < -0.39 is 0 Å². The fourth-order valence-electron chi connectivity index (χ4n) is 1.51. The van der Waals surface area contributed by atoms with Gasteiger partial charge in [0.05, 0.1) is 6.54 Å². The molecule has 0 rings (SSSR count). The lowest BCUT2D eigenvalue weighted by atomic mass is 10.0. The third-order valence-electron chi connectivity index (χ3n) is 2.64. The molecule has 0 aliphatic carbocycles. The summed E-state index contributed by atoms with van der Waals surface area (Å²) in [7, 11) is 0. The quantitative estimate of drug-likeness (QED) is 0.609. The van der Waals surface area contributed by atoms with Gasteiger partial charge in [-0.1, -0.05) is 33.8 Å². The van der Waals surface area contributed by atoms with Crippen molar-refractivity contribution in [1.82, 2.24) is 0 Å². The van der Waals surface area contributed by atoms with Gasteiger partial charge < -0.3 is 5.73 Å². The Bertz CT molecular complexity index is 227. The maximum atomic E-state index is 5.50. The molecule has 0 fully saturated rings. The van der Waals surface area contributed by atoms with Crippen LogP contribution in [-0.4, -0.2) is 18.8 Å². The second kappa shape index (κ2) is 10.5. The van der Waals surface area contributed by atoms with Crippen LogP contribution < -0.4 is 5.73 Å². The van der Waals surface area contributed by atoms with Crippen LogP contribution >= 0.6 is 0 Å². The number of hydrogen-bond donors (Lipinski definition) is 1. The van der Waals surface area contributed by atoms with E-state index in [1.807, 2.05) is 0 Å². The van der Waals surface area contributed by atoms with Gasteiger partial charge in [0.1, 0.15) is 0 Å². The van der Waals surface area contributed by atoms with Crippen molar-refractivity contribution in [2.24, 2.45) is 22.6 Å². The lowest BCUT2D eigenvalue weighted by Crippen LogP contribution is -2.06. The first kappa shape index (κ1) is 16.4. The Labute approximate surface area is 107 Å². The van der Waals surface area contributed by atoms with Crippen LogP contribution in [0.3, 0.4) is 0 Å². The molecule has 0 bridgehead atoms. The normalized spacial score (nSPS) is 13.2. The molecule has 0 spiro atoms. The molecule has 0 saturated heterocycles. The highest BCUT2D eigenvalue weighted by atomic mass is 14.8. The van der Waals surface area contributed by atoms with Gasteiger partial charge in [-0.05, 0) is 43.6 Å². The number of aliphatic imine (C=N–C) groups is 1. The first-order valence-electron chi connectivity index (χ1n) is 6.96. The van der Waals surface area contributed by atoms with Crippen molar-refractivity contribution in [2.75, 3.05) is 13.1 Å². The monoisotopic (exact) mass is 238 g/mol. The third kappa shape index (κ3) is 11.6. The van der Waals surface area contributed by atoms with Gasteiger partial charge >= 0.3 is 0 Å². The highest BCUT2D eigenvalue weighted by Crippen LogP contribution is 2.08. The van der Waals surface area contributed by atoms with Crippen LogP contribution in [-0.2, 0) is 0 Å². The van der Waals surface area contributed by atoms with E-state index in [0.717, 1.165) is 31.2 Å². The number of nitrogens with two attached hydrogens (primary N) is 1. The van der Waals surface area contributed by atoms with E-state index in [9.17, 15) is 0 Å². The lowest BCUT2D eigenvalue weighted by Gasteiger charge is -2.05. The molecule has 2 nitrogen and oxygen atoms in total. The Morgan fingerprint density at radius 2 is 1.76 bits per heavy atom. The Kier molecular flexibility index (Phi) is 10.1. The number of rotatable bonds is 9. The van der Waals surface area contributed by atoms with E-state index in [1.165, 1.54) is 18.6 Å². The van der Waals surface area contributed by atoms with Crippen LogP contribution in [0.25, 0.3) is 0 Å². The van der Waals surface area contributed by atoms with Gasteiger partial charge in [0.2, 0.25) is 0 Å². The molecule has 0 amide bonds. The average molecular weight is 238 g/mol. The zero-order valence-electron chi connectivity index (χ0n) is 12.1. The van der Waals surface area contributed by atoms with Crippen LogP contribution in [0.5, 0.6) is 0 Å². The largest absolute Gasteiger partial charge is 0.329 e. The second-order valence-corrected chi connectivity index (χ2v) is 5.47. The summed E-state index contributed by atoms with van der Waals surface area (Å²) in [4.78, 5) is 4.54. The standard InChI is InChI=1S/C15H30N2/c1-13(2)7-5-6-8-15(17-12-11-16)10-9-14(3)4/h6,8,13-14H,5,7,9-12,16H2,1-4H3/b8-6+,17-15+. The van der Waals surface area contributed by atoms with Gasteiger partial charge in [-0.2, -0.15) is 0 Å². The predicted molar refractivity (Wildman–Crippen MR) is 78.6 cm³/mol. The van der Waals surface area contributed by atoms with Gasteiger partial charge in [-0.3, -0.25) is 4.99 Å². The lowest BCUT2D eigenvalue weighted by molar-refractivity contribution is 0.594. The van der Waals surface area contributed by atoms with Crippen molar-refractivity contribution in [3.63, 3.8) is 0 Å². The molecule has 0 radical (unpaired) electrons. The van der Waals surface area contributed by atoms with E-state index in [0.29, 0.717) is 6.54 Å². The fourth-order valence-corrected chi connectivity index (χ4v) is 1.51. The Morgan fingerprint density at radius 3 is 2.29 bits per heavy atom. The highest BCUT2D eigenvalue weighted by molar-refractivity contribution is 5.94. The van der Waals surface area contributed by atoms with Gasteiger partial charge in [-0.25, -0.2) is 0 Å². The predicted octanol–water partition coefficient (Wildman–Crippen LogP) is 3.81. The topological polar surface area (TPSA) is 38.4 Å². The molecular formula is C15H30N2. The molecular weight excluding hydrogens is 208 g/mol. The minimum absolute atomic E-state index is 0.644. The van der Waals surface area contributed by atoms with E-state index in [1.54, 1.807) is 0 Å². The summed E-state index contributed by atoms with van der Waals surface area (Å²) in [5.74, 6) is 1.52. The molecule has 0 aromatic rings. The number of allylic oxidation sites excluding steroid dienone is 2. The molecule has 17 heavy (non-hydrogen) atoms. The summed E-state index contributed by atoms with van der Waals surface area (Å²) in [6.07, 6.45) is 9.15. The maximum Gasteiger partial charge on any atom is 0.0515 e. The van der Waals surface area contributed by atoms with Crippen LogP contribution in [0.1, 0.15) is 53.4 Å². The van der Waals surface area contributed by atoms with E-state index in [2.05, 4.69) is 44.8 Å². The number of nitrogens with zero attached hydrogens (tertiary/aromatic N) is 1. The fraction of sp³-hybridized carbons (Fsp3) is 0.800. The molecule has 0 aromatic carbocycles. The van der Waals surface area contributed by atoms with Gasteiger partial charge in [0, 0.05) is 12.3 Å². The van der Waals surface area contributed by atoms with E-state index in [-0.39, 0.29) is 0 Å². The zero-order chi connectivity index (χ0) is 13.1. The Morgan fingerprint density at radius 1 is 1.12 bits per heavy atom. The summed E-state index contributed by atoms with van der Waals surface area (Å²) in [6.45, 7) is 10.4. The van der Waals surface area contributed by atoms with Crippen molar-refractivity contribution in [3.05, 3.63) is 12.2 Å². The molecule has 0 aliphatic heterocycles. The molecule has 100 valence electrons. The molecule has 0 saturated carbocycles. The van der Waals surface area contributed by atoms with Gasteiger partial charge in [0.15, 0.2) is 0 Å². The summed E-state index contributed by atoms with van der Waals surface area (Å²) in [5.41, 5.74) is 6.71. The van der Waals surface area contributed by atoms with Crippen molar-refractivity contribution in [1.29, 1.82) is 0 Å². The molecule has 0 atom stereocenters. The summed E-state index contributed by atoms with van der Waals surface area (Å²) >= 11 is 0. The Balaban J connectivity index is 4.09. The molecule has 2 N–H and O–H groups in total. The first-order valence-corrected chi connectivity index (χ1v) is 6.96. The first-order chi connectivity index (χ1) is 8.06. The second-order valence-electron chi connectivity index (χ2n) is 5.47. The molecule has 0 aliphatic rings. The van der Waals surface area contributed by atoms with Crippen LogP contribution in [0.15, 0.2) is 17.1 Å². The highest BCUT2D eigenvalue weighted by Gasteiger charge is 1.98. The smallest absolute Gasteiger partial charge is 0.0515 e. The summed E-state index contributed by atoms with van der Waals surface area (Å²) < 4.78 is 0.